The summed E-state index contributed by atoms with van der Waals surface area (Å²) in [4.78, 5) is 17.5. The second-order valence-corrected chi connectivity index (χ2v) is 8.62. The minimum Gasteiger partial charge on any atom is -0.493 e. The number of nitrogens with one attached hydrogen (secondary N) is 1. The normalized spacial score (nSPS) is 15.6. The van der Waals surface area contributed by atoms with Crippen molar-refractivity contribution >= 4 is 33.3 Å². The Hall–Kier alpha value is -3.39. The van der Waals surface area contributed by atoms with Crippen LogP contribution in [0.5, 0.6) is 11.5 Å². The van der Waals surface area contributed by atoms with Crippen LogP contribution in [0.4, 0.5) is 5.82 Å². The van der Waals surface area contributed by atoms with Gasteiger partial charge in [0.25, 0.3) is 0 Å². The molecule has 158 valence electrons. The topological polar surface area (TPSA) is 78.3 Å². The average molecular weight is 435 g/mol. The Bertz CT molecular complexity index is 1320. The fourth-order valence-corrected chi connectivity index (χ4v) is 5.27. The lowest BCUT2D eigenvalue weighted by Crippen LogP contribution is -2.25. The van der Waals surface area contributed by atoms with Gasteiger partial charge >= 0.3 is 0 Å². The smallest absolute Gasteiger partial charge is 0.226 e. The van der Waals surface area contributed by atoms with Gasteiger partial charge in [0.2, 0.25) is 11.0 Å². The molecule has 7 nitrogen and oxygen atoms in total. The number of nitrogens with zero attached hydrogens (tertiary/aromatic N) is 3. The fourth-order valence-electron chi connectivity index (χ4n) is 4.25. The first-order valence-corrected chi connectivity index (χ1v) is 10.8. The molecule has 0 radical (unpaired) electrons. The molecule has 2 aromatic carbocycles. The zero-order chi connectivity index (χ0) is 21.7. The number of anilines is 1. The minimum atomic E-state index is -0.195. The van der Waals surface area contributed by atoms with Crippen LogP contribution >= 0.6 is 11.3 Å². The number of hydrogen-bond acceptors (Lipinski definition) is 6. The summed E-state index contributed by atoms with van der Waals surface area (Å²) in [5.41, 5.74) is 4.82. The molecule has 0 spiro atoms. The maximum Gasteiger partial charge on any atom is 0.226 e. The summed E-state index contributed by atoms with van der Waals surface area (Å²) in [6.07, 6.45) is 0.308. The van der Waals surface area contributed by atoms with E-state index in [-0.39, 0.29) is 11.8 Å². The molecule has 0 saturated carbocycles. The second-order valence-electron chi connectivity index (χ2n) is 7.61. The highest BCUT2D eigenvalue weighted by Gasteiger charge is 2.35. The van der Waals surface area contributed by atoms with Gasteiger partial charge in [-0.15, -0.1) is 0 Å². The molecule has 0 saturated heterocycles. The summed E-state index contributed by atoms with van der Waals surface area (Å²) < 4.78 is 14.0. The predicted molar refractivity (Wildman–Crippen MR) is 121 cm³/mol. The maximum atomic E-state index is 12.7. The molecule has 2 aromatic heterocycles. The molecule has 31 heavy (non-hydrogen) atoms. The van der Waals surface area contributed by atoms with Crippen LogP contribution < -0.4 is 14.8 Å². The molecule has 1 N–H and O–H groups in total. The third-order valence-corrected chi connectivity index (χ3v) is 6.62. The van der Waals surface area contributed by atoms with Gasteiger partial charge in [0.1, 0.15) is 5.82 Å². The molecule has 0 bridgehead atoms. The third-order valence-electron chi connectivity index (χ3n) is 5.63. The van der Waals surface area contributed by atoms with Crippen molar-refractivity contribution in [2.24, 2.45) is 0 Å². The van der Waals surface area contributed by atoms with E-state index in [0.717, 1.165) is 32.2 Å². The van der Waals surface area contributed by atoms with Gasteiger partial charge < -0.3 is 14.8 Å². The number of para-hydroxylation sites is 1. The zero-order valence-electron chi connectivity index (χ0n) is 17.7. The lowest BCUT2D eigenvalue weighted by Gasteiger charge is -2.26. The first-order valence-electron chi connectivity index (χ1n) is 9.98. The number of amides is 1. The molecule has 4 aromatic rings. The zero-order valence-corrected chi connectivity index (χ0v) is 18.5. The van der Waals surface area contributed by atoms with E-state index < -0.39 is 0 Å². The summed E-state index contributed by atoms with van der Waals surface area (Å²) in [6.45, 7) is 4.02. The largest absolute Gasteiger partial charge is 0.493 e. The highest BCUT2D eigenvalue weighted by atomic mass is 32.1. The van der Waals surface area contributed by atoms with Crippen molar-refractivity contribution in [3.05, 3.63) is 58.8 Å². The van der Waals surface area contributed by atoms with E-state index in [9.17, 15) is 4.79 Å². The molecular weight excluding hydrogens is 412 g/mol. The van der Waals surface area contributed by atoms with Gasteiger partial charge in [0.15, 0.2) is 11.5 Å². The molecule has 5 rings (SSSR count). The van der Waals surface area contributed by atoms with Crippen molar-refractivity contribution in [1.29, 1.82) is 0 Å². The standard InChI is InChI=1S/C23H22N4O3S/c1-12-8-9-16-18(10-12)31-23(24-16)27-22-20(13(2)26-27)15(11-19(28)25-22)14-6-5-7-17(29-3)21(14)30-4/h5-10,15H,11H2,1-4H3,(H,25,28). The molecule has 1 amide bonds. The number of aryl methyl sites for hydroxylation is 2. The van der Waals surface area contributed by atoms with E-state index in [1.807, 2.05) is 37.3 Å². The van der Waals surface area contributed by atoms with E-state index in [2.05, 4.69) is 18.3 Å². The van der Waals surface area contributed by atoms with Crippen molar-refractivity contribution in [2.45, 2.75) is 26.2 Å². The number of carbonyl (C=O) groups is 1. The molecule has 3 heterocycles. The van der Waals surface area contributed by atoms with Crippen molar-refractivity contribution in [3.63, 3.8) is 0 Å². The average Bonchev–Trinajstić information content (AvgIpc) is 3.32. The first-order chi connectivity index (χ1) is 15.0. The Labute approximate surface area is 183 Å². The van der Waals surface area contributed by atoms with Gasteiger partial charge in [0.05, 0.1) is 30.1 Å². The van der Waals surface area contributed by atoms with Gasteiger partial charge in [-0.25, -0.2) is 4.98 Å². The van der Waals surface area contributed by atoms with Crippen molar-refractivity contribution in [1.82, 2.24) is 14.8 Å². The number of thiazole rings is 1. The number of benzene rings is 2. The summed E-state index contributed by atoms with van der Waals surface area (Å²) in [5.74, 6) is 1.68. The van der Waals surface area contributed by atoms with Crippen LogP contribution in [0, 0.1) is 13.8 Å². The van der Waals surface area contributed by atoms with Crippen LogP contribution in [-0.2, 0) is 4.79 Å². The van der Waals surface area contributed by atoms with E-state index in [0.29, 0.717) is 23.7 Å². The Morgan fingerprint density at radius 1 is 1.16 bits per heavy atom. The number of methoxy groups -OCH3 is 2. The molecule has 0 aliphatic carbocycles. The van der Waals surface area contributed by atoms with Crippen molar-refractivity contribution < 1.29 is 14.3 Å². The van der Waals surface area contributed by atoms with Gasteiger partial charge in [-0.2, -0.15) is 9.78 Å². The lowest BCUT2D eigenvalue weighted by atomic mass is 9.85. The Morgan fingerprint density at radius 2 is 2.00 bits per heavy atom. The quantitative estimate of drug-likeness (QED) is 0.508. The number of rotatable bonds is 4. The Balaban J connectivity index is 1.68. The second kappa shape index (κ2) is 7.39. The van der Waals surface area contributed by atoms with Gasteiger partial charge in [-0.3, -0.25) is 4.79 Å². The van der Waals surface area contributed by atoms with E-state index in [1.54, 1.807) is 30.2 Å². The van der Waals surface area contributed by atoms with Crippen LogP contribution in [0.2, 0.25) is 0 Å². The summed E-state index contributed by atoms with van der Waals surface area (Å²) >= 11 is 1.56. The summed E-state index contributed by atoms with van der Waals surface area (Å²) in [6, 6.07) is 11.9. The lowest BCUT2D eigenvalue weighted by molar-refractivity contribution is -0.116. The molecule has 1 aliphatic heterocycles. The number of aromatic nitrogens is 3. The van der Waals surface area contributed by atoms with Crippen LogP contribution in [0.25, 0.3) is 15.3 Å². The summed E-state index contributed by atoms with van der Waals surface area (Å²) in [7, 11) is 3.23. The first kappa shape index (κ1) is 19.6. The monoisotopic (exact) mass is 434 g/mol. The predicted octanol–water partition coefficient (Wildman–Crippen LogP) is 4.59. The Morgan fingerprint density at radius 3 is 2.77 bits per heavy atom. The number of ether oxygens (including phenoxy) is 2. The molecular formula is C23H22N4O3S. The molecule has 1 aliphatic rings. The number of hydrogen-bond donors (Lipinski definition) is 1. The number of carbonyl (C=O) groups excluding carboxylic acids is 1. The van der Waals surface area contributed by atoms with Crippen LogP contribution in [0.15, 0.2) is 36.4 Å². The van der Waals surface area contributed by atoms with Crippen LogP contribution in [-0.4, -0.2) is 34.9 Å². The number of fused-ring (bicyclic) bond motifs is 2. The van der Waals surface area contributed by atoms with E-state index >= 15 is 0 Å². The highest BCUT2D eigenvalue weighted by Crippen LogP contribution is 2.46. The van der Waals surface area contributed by atoms with Gasteiger partial charge in [-0.1, -0.05) is 29.5 Å². The van der Waals surface area contributed by atoms with Crippen molar-refractivity contribution in [3.8, 4) is 16.6 Å². The Kier molecular flexibility index (Phi) is 4.66. The molecule has 8 heteroatoms. The molecule has 1 unspecified atom stereocenters. The van der Waals surface area contributed by atoms with Gasteiger partial charge in [-0.05, 0) is 37.6 Å². The van der Waals surface area contributed by atoms with Gasteiger partial charge in [0, 0.05) is 23.5 Å². The van der Waals surface area contributed by atoms with Crippen LogP contribution in [0.1, 0.15) is 34.7 Å². The molecule has 0 fully saturated rings. The SMILES string of the molecule is COc1cccc(C2CC(=O)Nc3c2c(C)nn3-c2nc3ccc(C)cc3s2)c1OC. The van der Waals surface area contributed by atoms with E-state index in [4.69, 9.17) is 19.6 Å². The summed E-state index contributed by atoms with van der Waals surface area (Å²) in [5, 5.41) is 8.52. The van der Waals surface area contributed by atoms with E-state index in [1.165, 1.54) is 5.56 Å². The maximum absolute atomic E-state index is 12.7. The minimum absolute atomic E-state index is 0.0690. The third kappa shape index (κ3) is 3.14. The highest BCUT2D eigenvalue weighted by molar-refractivity contribution is 7.20. The van der Waals surface area contributed by atoms with Crippen LogP contribution in [0.3, 0.4) is 0 Å². The molecule has 1 atom stereocenters. The van der Waals surface area contributed by atoms with Crippen molar-refractivity contribution in [2.75, 3.05) is 19.5 Å². The fraction of sp³-hybridized carbons (Fsp3) is 0.261.